The topological polar surface area (TPSA) is 51.0 Å². The van der Waals surface area contributed by atoms with Gasteiger partial charge in [-0.3, -0.25) is 4.79 Å². The van der Waals surface area contributed by atoms with Crippen LogP contribution in [0, 0.1) is 0 Å². The van der Waals surface area contributed by atoms with E-state index in [9.17, 15) is 18.0 Å². The van der Waals surface area contributed by atoms with Crippen molar-refractivity contribution in [1.82, 2.24) is 0 Å². The molecule has 0 aromatic heterocycles. The predicted molar refractivity (Wildman–Crippen MR) is 125 cm³/mol. The normalized spacial score (nSPS) is 11.8. The van der Waals surface area contributed by atoms with Crippen molar-refractivity contribution >= 4 is 17.2 Å². The monoisotopic (exact) mass is 462 g/mol. The molecule has 0 aliphatic heterocycles. The van der Waals surface area contributed by atoms with Crippen LogP contribution in [0.5, 0.6) is 5.75 Å². The molecule has 33 heavy (non-hydrogen) atoms. The van der Waals surface area contributed by atoms with Gasteiger partial charge in [-0.2, -0.15) is 23.4 Å². The molecule has 0 spiro atoms. The van der Waals surface area contributed by atoms with Gasteiger partial charge < -0.3 is 4.74 Å². The zero-order chi connectivity index (χ0) is 23.9. The molecule has 7 heteroatoms. The SMILES string of the molecule is CCCCCCCCCCCCOc1ccc(N=Nc2ccc(C(=O)C(F)(F)F)cc2)cc1. The Morgan fingerprint density at radius 2 is 1.18 bits per heavy atom. The highest BCUT2D eigenvalue weighted by Crippen LogP contribution is 2.25. The second-order valence-corrected chi connectivity index (χ2v) is 8.10. The number of Topliss-reactive ketones (excluding diaryl/α,β-unsaturated/α-hetero) is 1. The number of carbonyl (C=O) groups is 1. The van der Waals surface area contributed by atoms with Crippen LogP contribution in [0.1, 0.15) is 81.5 Å². The van der Waals surface area contributed by atoms with Crippen LogP contribution in [0.2, 0.25) is 0 Å². The third-order valence-electron chi connectivity index (χ3n) is 5.27. The quantitative estimate of drug-likeness (QED) is 0.150. The van der Waals surface area contributed by atoms with Crippen molar-refractivity contribution in [3.63, 3.8) is 0 Å². The van der Waals surface area contributed by atoms with E-state index in [0.29, 0.717) is 18.0 Å². The van der Waals surface area contributed by atoms with Crippen LogP contribution >= 0.6 is 0 Å². The first kappa shape index (κ1) is 26.6. The molecule has 0 saturated carbocycles. The summed E-state index contributed by atoms with van der Waals surface area (Å²) in [5.41, 5.74) is 0.525. The number of alkyl halides is 3. The van der Waals surface area contributed by atoms with Crippen molar-refractivity contribution in [2.45, 2.75) is 77.3 Å². The lowest BCUT2D eigenvalue weighted by molar-refractivity contribution is -0.0885. The molecule has 2 aromatic rings. The molecule has 0 N–H and O–H groups in total. The summed E-state index contributed by atoms with van der Waals surface area (Å²) in [4.78, 5) is 11.2. The lowest BCUT2D eigenvalue weighted by Gasteiger charge is -2.06. The Balaban J connectivity index is 1.65. The Kier molecular flexibility index (Phi) is 11.6. The van der Waals surface area contributed by atoms with Crippen molar-refractivity contribution in [3.05, 3.63) is 54.1 Å². The predicted octanol–water partition coefficient (Wildman–Crippen LogP) is 9.15. The van der Waals surface area contributed by atoms with Gasteiger partial charge in [-0.05, 0) is 55.0 Å². The van der Waals surface area contributed by atoms with Crippen LogP contribution in [0.4, 0.5) is 24.5 Å². The van der Waals surface area contributed by atoms with Gasteiger partial charge in [0, 0.05) is 5.56 Å². The molecule has 0 radical (unpaired) electrons. The molecule has 0 amide bonds. The minimum atomic E-state index is -4.89. The fourth-order valence-corrected chi connectivity index (χ4v) is 3.35. The molecular weight excluding hydrogens is 429 g/mol. The van der Waals surface area contributed by atoms with Crippen molar-refractivity contribution in [3.8, 4) is 5.75 Å². The summed E-state index contributed by atoms with van der Waals surface area (Å²) < 4.78 is 43.1. The first-order chi connectivity index (χ1) is 15.9. The highest BCUT2D eigenvalue weighted by atomic mass is 19.4. The van der Waals surface area contributed by atoms with Crippen LogP contribution in [0.15, 0.2) is 58.8 Å². The number of rotatable bonds is 15. The summed E-state index contributed by atoms with van der Waals surface area (Å²) in [6.07, 6.45) is 7.93. The lowest BCUT2D eigenvalue weighted by Crippen LogP contribution is -2.22. The summed E-state index contributed by atoms with van der Waals surface area (Å²) in [6.45, 7) is 2.92. The van der Waals surface area contributed by atoms with Gasteiger partial charge in [0.15, 0.2) is 0 Å². The maximum absolute atomic E-state index is 12.4. The van der Waals surface area contributed by atoms with E-state index in [1.807, 2.05) is 12.1 Å². The summed E-state index contributed by atoms with van der Waals surface area (Å²) in [6, 6.07) is 12.0. The smallest absolute Gasteiger partial charge is 0.454 e. The fourth-order valence-electron chi connectivity index (χ4n) is 3.35. The molecule has 4 nitrogen and oxygen atoms in total. The Labute approximate surface area is 194 Å². The standard InChI is InChI=1S/C26H33F3N2O2/c1-2-3-4-5-6-7-8-9-10-11-20-33-24-18-16-23(17-19-24)31-30-22-14-12-21(13-15-22)25(32)26(27,28)29/h12-19H,2-11,20H2,1H3. The van der Waals surface area contributed by atoms with Crippen molar-refractivity contribution in [1.29, 1.82) is 0 Å². The first-order valence-corrected chi connectivity index (χ1v) is 11.8. The molecule has 0 unspecified atom stereocenters. The van der Waals surface area contributed by atoms with Gasteiger partial charge in [0.1, 0.15) is 5.75 Å². The van der Waals surface area contributed by atoms with E-state index >= 15 is 0 Å². The molecule has 0 heterocycles. The molecular formula is C26H33F3N2O2. The van der Waals surface area contributed by atoms with Gasteiger partial charge in [-0.25, -0.2) is 0 Å². The molecule has 0 atom stereocenters. The summed E-state index contributed by atoms with van der Waals surface area (Å²) >= 11 is 0. The summed E-state index contributed by atoms with van der Waals surface area (Å²) in [5.74, 6) is -1.11. The van der Waals surface area contributed by atoms with Gasteiger partial charge in [-0.15, -0.1) is 0 Å². The molecule has 0 fully saturated rings. The number of hydrogen-bond acceptors (Lipinski definition) is 4. The average Bonchev–Trinajstić information content (AvgIpc) is 2.81. The second-order valence-electron chi connectivity index (χ2n) is 8.10. The number of azo groups is 1. The average molecular weight is 463 g/mol. The van der Waals surface area contributed by atoms with Crippen LogP contribution in [-0.4, -0.2) is 18.6 Å². The van der Waals surface area contributed by atoms with E-state index in [0.717, 1.165) is 24.3 Å². The minimum Gasteiger partial charge on any atom is -0.494 e. The molecule has 2 aromatic carbocycles. The molecule has 0 saturated heterocycles. The van der Waals surface area contributed by atoms with Gasteiger partial charge in [-0.1, -0.05) is 64.7 Å². The highest BCUT2D eigenvalue weighted by molar-refractivity contribution is 6.00. The van der Waals surface area contributed by atoms with Crippen molar-refractivity contribution in [2.24, 2.45) is 10.2 Å². The molecule has 0 bridgehead atoms. The Hall–Kier alpha value is -2.70. The summed E-state index contributed by atoms with van der Waals surface area (Å²) in [7, 11) is 0. The number of benzene rings is 2. The van der Waals surface area contributed by atoms with Crippen molar-refractivity contribution in [2.75, 3.05) is 6.61 Å². The molecule has 2 rings (SSSR count). The van der Waals surface area contributed by atoms with Gasteiger partial charge >= 0.3 is 6.18 Å². The first-order valence-electron chi connectivity index (χ1n) is 11.8. The van der Waals surface area contributed by atoms with E-state index in [1.54, 1.807) is 12.1 Å². The van der Waals surface area contributed by atoms with Crippen LogP contribution in [-0.2, 0) is 0 Å². The van der Waals surface area contributed by atoms with E-state index in [4.69, 9.17) is 4.74 Å². The van der Waals surface area contributed by atoms with E-state index in [1.165, 1.54) is 69.9 Å². The van der Waals surface area contributed by atoms with Gasteiger partial charge in [0.2, 0.25) is 0 Å². The number of nitrogens with zero attached hydrogens (tertiary/aromatic N) is 2. The van der Waals surface area contributed by atoms with Crippen LogP contribution in [0.3, 0.4) is 0 Å². The van der Waals surface area contributed by atoms with E-state index in [-0.39, 0.29) is 0 Å². The van der Waals surface area contributed by atoms with Crippen LogP contribution < -0.4 is 4.74 Å². The number of carbonyl (C=O) groups excluding carboxylic acids is 1. The lowest BCUT2D eigenvalue weighted by atomic mass is 10.1. The summed E-state index contributed by atoms with van der Waals surface area (Å²) in [5, 5.41) is 8.06. The second kappa shape index (κ2) is 14.4. The Morgan fingerprint density at radius 1 is 0.727 bits per heavy atom. The van der Waals surface area contributed by atoms with Crippen LogP contribution in [0.25, 0.3) is 0 Å². The number of hydrogen-bond donors (Lipinski definition) is 0. The number of ether oxygens (including phenoxy) is 1. The maximum atomic E-state index is 12.4. The molecule has 180 valence electrons. The minimum absolute atomic E-state index is 0.356. The zero-order valence-electron chi connectivity index (χ0n) is 19.2. The Bertz CT molecular complexity index is 847. The van der Waals surface area contributed by atoms with E-state index in [2.05, 4.69) is 17.2 Å². The number of ketones is 1. The largest absolute Gasteiger partial charge is 0.494 e. The third-order valence-corrected chi connectivity index (χ3v) is 5.27. The number of unbranched alkanes of at least 4 members (excludes halogenated alkanes) is 9. The van der Waals surface area contributed by atoms with Crippen molar-refractivity contribution < 1.29 is 22.7 Å². The molecule has 0 aliphatic rings. The highest BCUT2D eigenvalue weighted by Gasteiger charge is 2.39. The van der Waals surface area contributed by atoms with Gasteiger partial charge in [0.05, 0.1) is 18.0 Å². The Morgan fingerprint density at radius 3 is 1.67 bits per heavy atom. The van der Waals surface area contributed by atoms with Gasteiger partial charge in [0.25, 0.3) is 5.78 Å². The zero-order valence-corrected chi connectivity index (χ0v) is 19.2. The maximum Gasteiger partial charge on any atom is 0.454 e. The fraction of sp³-hybridized carbons (Fsp3) is 0.500. The third kappa shape index (κ3) is 10.6. The molecule has 0 aliphatic carbocycles. The number of halogens is 3. The van der Waals surface area contributed by atoms with E-state index < -0.39 is 17.5 Å².